The Balaban J connectivity index is 1.70. The molecule has 1 heterocycles. The van der Waals surface area contributed by atoms with Crippen molar-refractivity contribution in [3.63, 3.8) is 0 Å². The lowest BCUT2D eigenvalue weighted by atomic mass is 10.2. The maximum atomic E-state index is 12.3. The Kier molecular flexibility index (Phi) is 6.10. The Morgan fingerprint density at radius 2 is 2.11 bits per heavy atom. The van der Waals surface area contributed by atoms with Crippen LogP contribution in [0.5, 0.6) is 11.5 Å². The summed E-state index contributed by atoms with van der Waals surface area (Å²) in [4.78, 5) is 16.5. The van der Waals surface area contributed by atoms with Crippen LogP contribution in [0, 0.1) is 0 Å². The second-order valence-corrected chi connectivity index (χ2v) is 7.30. The number of ether oxygens (including phenoxy) is 2. The average Bonchev–Trinajstić information content (AvgIpc) is 3.02. The predicted octanol–water partition coefficient (Wildman–Crippen LogP) is 3.83. The Hall–Kier alpha value is -3.13. The van der Waals surface area contributed by atoms with Crippen LogP contribution in [0.15, 0.2) is 41.5 Å². The maximum absolute atomic E-state index is 12.3. The fourth-order valence-corrected chi connectivity index (χ4v) is 3.31. The number of fused-ring (bicyclic) bond motifs is 1. The molecule has 0 fully saturated rings. The van der Waals surface area contributed by atoms with E-state index in [-0.39, 0.29) is 12.0 Å². The van der Waals surface area contributed by atoms with Gasteiger partial charge in [-0.3, -0.25) is 4.79 Å². The summed E-state index contributed by atoms with van der Waals surface area (Å²) in [5.41, 5.74) is 10.3. The first-order valence-electron chi connectivity index (χ1n) is 8.89. The summed E-state index contributed by atoms with van der Waals surface area (Å²) in [6.45, 7) is 6.35. The summed E-state index contributed by atoms with van der Waals surface area (Å²) < 4.78 is 12.2. The van der Waals surface area contributed by atoms with Gasteiger partial charge in [0.2, 0.25) is 0 Å². The van der Waals surface area contributed by atoms with E-state index in [4.69, 9.17) is 15.2 Å². The summed E-state index contributed by atoms with van der Waals surface area (Å²) >= 11 is 1.34. The van der Waals surface area contributed by atoms with Gasteiger partial charge in [-0.2, -0.15) is 5.10 Å². The number of nitrogens with two attached hydrogens (primary N) is 1. The molecule has 0 aliphatic heterocycles. The van der Waals surface area contributed by atoms with E-state index in [9.17, 15) is 4.79 Å². The second kappa shape index (κ2) is 8.71. The van der Waals surface area contributed by atoms with Gasteiger partial charge in [0.25, 0.3) is 5.91 Å². The van der Waals surface area contributed by atoms with Crippen molar-refractivity contribution in [2.45, 2.75) is 26.9 Å². The zero-order valence-corrected chi connectivity index (χ0v) is 16.7. The summed E-state index contributed by atoms with van der Waals surface area (Å²) in [7, 11) is 0. The molecule has 0 aliphatic rings. The molecule has 0 saturated carbocycles. The highest BCUT2D eigenvalue weighted by molar-refractivity contribution is 7.22. The molecule has 28 heavy (non-hydrogen) atoms. The van der Waals surface area contributed by atoms with Crippen LogP contribution in [-0.4, -0.2) is 29.8 Å². The Morgan fingerprint density at radius 3 is 2.86 bits per heavy atom. The van der Waals surface area contributed by atoms with Gasteiger partial charge in [0.05, 0.1) is 29.1 Å². The van der Waals surface area contributed by atoms with Crippen molar-refractivity contribution >= 4 is 38.8 Å². The van der Waals surface area contributed by atoms with Crippen LogP contribution in [0.25, 0.3) is 10.2 Å². The molecule has 0 saturated heterocycles. The smallest absolute Gasteiger partial charge is 0.271 e. The molecule has 0 unspecified atom stereocenters. The number of benzene rings is 2. The van der Waals surface area contributed by atoms with Crippen molar-refractivity contribution < 1.29 is 14.3 Å². The number of rotatable bonds is 7. The van der Waals surface area contributed by atoms with Crippen molar-refractivity contribution in [1.29, 1.82) is 0 Å². The number of nitrogens with one attached hydrogen (secondary N) is 1. The molecule has 8 heteroatoms. The standard InChI is InChI=1S/C20H22N4O3S/c1-4-26-17-9-13(5-8-16(17)27-12(2)3)11-22-24-19(25)14-6-7-15-18(10-14)28-20(21)23-15/h5-12H,4H2,1-3H3,(H2,21,23)(H,24,25)/b22-11-. The van der Waals surface area contributed by atoms with Gasteiger partial charge in [0.15, 0.2) is 16.6 Å². The molecule has 0 spiro atoms. The minimum atomic E-state index is -0.310. The Morgan fingerprint density at radius 1 is 1.29 bits per heavy atom. The van der Waals surface area contributed by atoms with Crippen LogP contribution in [0.1, 0.15) is 36.7 Å². The minimum absolute atomic E-state index is 0.0456. The number of nitrogens with zero attached hydrogens (tertiary/aromatic N) is 2. The normalized spacial score (nSPS) is 11.3. The van der Waals surface area contributed by atoms with Gasteiger partial charge >= 0.3 is 0 Å². The summed E-state index contributed by atoms with van der Waals surface area (Å²) in [6.07, 6.45) is 1.60. The van der Waals surface area contributed by atoms with Gasteiger partial charge in [0, 0.05) is 5.56 Å². The molecule has 146 valence electrons. The lowest BCUT2D eigenvalue weighted by Gasteiger charge is -2.14. The second-order valence-electron chi connectivity index (χ2n) is 6.24. The van der Waals surface area contributed by atoms with Gasteiger partial charge < -0.3 is 15.2 Å². The van der Waals surface area contributed by atoms with E-state index >= 15 is 0 Å². The van der Waals surface area contributed by atoms with Crippen LogP contribution in [-0.2, 0) is 0 Å². The summed E-state index contributed by atoms with van der Waals surface area (Å²) in [6, 6.07) is 10.7. The first-order chi connectivity index (χ1) is 13.5. The number of amides is 1. The van der Waals surface area contributed by atoms with Gasteiger partial charge in [-0.05, 0) is 62.7 Å². The van der Waals surface area contributed by atoms with Gasteiger partial charge in [0.1, 0.15) is 0 Å². The third-order valence-electron chi connectivity index (χ3n) is 3.68. The highest BCUT2D eigenvalue weighted by atomic mass is 32.1. The summed E-state index contributed by atoms with van der Waals surface area (Å²) in [5.74, 6) is 1.00. The van der Waals surface area contributed by atoms with Crippen LogP contribution >= 0.6 is 11.3 Å². The molecule has 1 amide bonds. The molecular weight excluding hydrogens is 376 g/mol. The average molecular weight is 398 g/mol. The molecule has 0 aliphatic carbocycles. The lowest BCUT2D eigenvalue weighted by molar-refractivity contribution is 0.0955. The van der Waals surface area contributed by atoms with Gasteiger partial charge in [-0.15, -0.1) is 0 Å². The van der Waals surface area contributed by atoms with Crippen molar-refractivity contribution in [1.82, 2.24) is 10.4 Å². The quantitative estimate of drug-likeness (QED) is 0.465. The number of hydrogen-bond donors (Lipinski definition) is 2. The van der Waals surface area contributed by atoms with E-state index in [1.165, 1.54) is 11.3 Å². The van der Waals surface area contributed by atoms with Crippen LogP contribution < -0.4 is 20.6 Å². The molecule has 0 radical (unpaired) electrons. The van der Waals surface area contributed by atoms with E-state index in [2.05, 4.69) is 15.5 Å². The first kappa shape index (κ1) is 19.6. The molecule has 3 rings (SSSR count). The number of hydrogen-bond acceptors (Lipinski definition) is 7. The van der Waals surface area contributed by atoms with E-state index in [1.807, 2.05) is 39.0 Å². The Labute approximate surface area is 167 Å². The zero-order valence-electron chi connectivity index (χ0n) is 15.9. The number of hydrazone groups is 1. The minimum Gasteiger partial charge on any atom is -0.490 e. The fourth-order valence-electron chi connectivity index (χ4n) is 2.54. The number of thiazole rings is 1. The van der Waals surface area contributed by atoms with Crippen molar-refractivity contribution in [3.8, 4) is 11.5 Å². The predicted molar refractivity (Wildman–Crippen MR) is 112 cm³/mol. The molecule has 7 nitrogen and oxygen atoms in total. The Bertz CT molecular complexity index is 1010. The monoisotopic (exact) mass is 398 g/mol. The van der Waals surface area contributed by atoms with E-state index in [0.717, 1.165) is 15.8 Å². The molecule has 2 aromatic carbocycles. The topological polar surface area (TPSA) is 98.8 Å². The van der Waals surface area contributed by atoms with Crippen molar-refractivity contribution in [2.75, 3.05) is 12.3 Å². The number of nitrogen functional groups attached to an aromatic ring is 1. The third-order valence-corrected chi connectivity index (χ3v) is 4.52. The SMILES string of the molecule is CCOc1cc(/C=N\NC(=O)c2ccc3nc(N)sc3c2)ccc1OC(C)C. The number of carbonyl (C=O) groups excluding carboxylic acids is 1. The molecule has 3 aromatic rings. The number of carbonyl (C=O) groups is 1. The first-order valence-corrected chi connectivity index (χ1v) is 9.71. The number of anilines is 1. The number of aromatic nitrogens is 1. The van der Waals surface area contributed by atoms with Crippen LogP contribution in [0.4, 0.5) is 5.13 Å². The van der Waals surface area contributed by atoms with Crippen molar-refractivity contribution in [2.24, 2.45) is 5.10 Å². The van der Waals surface area contributed by atoms with E-state index < -0.39 is 0 Å². The molecular formula is C20H22N4O3S. The van der Waals surface area contributed by atoms with E-state index in [0.29, 0.717) is 28.8 Å². The zero-order chi connectivity index (χ0) is 20.1. The van der Waals surface area contributed by atoms with E-state index in [1.54, 1.807) is 24.4 Å². The largest absolute Gasteiger partial charge is 0.490 e. The molecule has 0 bridgehead atoms. The molecule has 0 atom stereocenters. The van der Waals surface area contributed by atoms with Crippen molar-refractivity contribution in [3.05, 3.63) is 47.5 Å². The lowest BCUT2D eigenvalue weighted by Crippen LogP contribution is -2.17. The third kappa shape index (κ3) is 4.77. The van der Waals surface area contributed by atoms with Crippen LogP contribution in [0.3, 0.4) is 0 Å². The fraction of sp³-hybridized carbons (Fsp3) is 0.250. The molecule has 3 N–H and O–H groups in total. The highest BCUT2D eigenvalue weighted by Gasteiger charge is 2.09. The summed E-state index contributed by atoms with van der Waals surface area (Å²) in [5, 5.41) is 4.51. The molecule has 1 aromatic heterocycles. The van der Waals surface area contributed by atoms with Crippen LogP contribution in [0.2, 0.25) is 0 Å². The highest BCUT2D eigenvalue weighted by Crippen LogP contribution is 2.29. The maximum Gasteiger partial charge on any atom is 0.271 e. The van der Waals surface area contributed by atoms with Gasteiger partial charge in [-0.25, -0.2) is 10.4 Å². The van der Waals surface area contributed by atoms with Gasteiger partial charge in [-0.1, -0.05) is 11.3 Å².